The molecule has 132 valence electrons. The van der Waals surface area contributed by atoms with Crippen LogP contribution in [0.3, 0.4) is 0 Å². The Morgan fingerprint density at radius 1 is 1.15 bits per heavy atom. The molecule has 0 unspecified atom stereocenters. The first-order valence-corrected chi connectivity index (χ1v) is 8.11. The molecule has 3 aromatic heterocycles. The second-order valence-corrected chi connectivity index (χ2v) is 6.20. The Hall–Kier alpha value is -3.29. The highest BCUT2D eigenvalue weighted by atomic mass is 19.1. The number of imidazole rings is 1. The number of nitrogens with zero attached hydrogens (tertiary/aromatic N) is 5. The van der Waals surface area contributed by atoms with Gasteiger partial charge in [-0.2, -0.15) is 0 Å². The van der Waals surface area contributed by atoms with Crippen molar-refractivity contribution in [1.29, 1.82) is 0 Å². The minimum Gasteiger partial charge on any atom is -0.296 e. The van der Waals surface area contributed by atoms with Crippen LogP contribution in [-0.4, -0.2) is 24.1 Å². The van der Waals surface area contributed by atoms with Crippen LogP contribution < -0.4 is 5.76 Å². The van der Waals surface area contributed by atoms with E-state index < -0.39 is 5.76 Å². The Morgan fingerprint density at radius 2 is 1.92 bits per heavy atom. The molecule has 4 rings (SSSR count). The number of benzene rings is 1. The van der Waals surface area contributed by atoms with Crippen LogP contribution in [0.2, 0.25) is 0 Å². The van der Waals surface area contributed by atoms with Crippen molar-refractivity contribution in [2.24, 2.45) is 0 Å². The lowest BCUT2D eigenvalue weighted by atomic mass is 10.1. The molecule has 0 N–H and O–H groups in total. The van der Waals surface area contributed by atoms with Gasteiger partial charge in [0.2, 0.25) is 5.78 Å². The molecule has 0 aliphatic carbocycles. The van der Waals surface area contributed by atoms with E-state index in [9.17, 15) is 9.18 Å². The molecule has 0 bridgehead atoms. The Labute approximate surface area is 147 Å². The smallest absolute Gasteiger partial charge is 0.296 e. The van der Waals surface area contributed by atoms with Crippen molar-refractivity contribution in [3.05, 3.63) is 81.4 Å². The van der Waals surface area contributed by atoms with E-state index >= 15 is 0 Å². The summed E-state index contributed by atoms with van der Waals surface area (Å²) in [6.07, 6.45) is 2.20. The Morgan fingerprint density at radius 3 is 2.69 bits per heavy atom. The summed E-state index contributed by atoms with van der Waals surface area (Å²) in [5.41, 5.74) is 3.40. The average molecular weight is 353 g/mol. The fourth-order valence-electron chi connectivity index (χ4n) is 2.92. The molecule has 0 aliphatic rings. The quantitative estimate of drug-likeness (QED) is 0.562. The first-order chi connectivity index (χ1) is 12.5. The average Bonchev–Trinajstić information content (AvgIpc) is 3.15. The largest absolute Gasteiger partial charge is 0.441 e. The molecule has 8 heteroatoms. The minimum atomic E-state index is -0.556. The fourth-order valence-corrected chi connectivity index (χ4v) is 2.92. The first kappa shape index (κ1) is 16.2. The van der Waals surface area contributed by atoms with Gasteiger partial charge in [-0.3, -0.25) is 13.5 Å². The number of hydrogen-bond acceptors (Lipinski definition) is 5. The van der Waals surface area contributed by atoms with E-state index in [0.717, 1.165) is 17.0 Å². The summed E-state index contributed by atoms with van der Waals surface area (Å²) in [4.78, 5) is 20.9. The van der Waals surface area contributed by atoms with Gasteiger partial charge < -0.3 is 0 Å². The summed E-state index contributed by atoms with van der Waals surface area (Å²) < 4.78 is 21.2. The Kier molecular flexibility index (Phi) is 3.87. The van der Waals surface area contributed by atoms with Crippen LogP contribution in [0.25, 0.3) is 5.78 Å². The third-order valence-electron chi connectivity index (χ3n) is 4.17. The molecule has 0 fully saturated rings. The van der Waals surface area contributed by atoms with E-state index in [4.69, 9.17) is 4.52 Å². The molecule has 1 aromatic carbocycles. The molecule has 0 aliphatic heterocycles. The number of aromatic nitrogens is 5. The maximum absolute atomic E-state index is 13.1. The minimum absolute atomic E-state index is 0.223. The SMILES string of the molecule is Cc1cc(C)n2cc(Cn3c(Cc4ccc(F)cc4)noc3=O)nc2n1. The molecule has 0 saturated heterocycles. The van der Waals surface area contributed by atoms with Gasteiger partial charge in [0, 0.05) is 24.0 Å². The van der Waals surface area contributed by atoms with E-state index in [-0.39, 0.29) is 12.4 Å². The molecule has 7 nitrogen and oxygen atoms in total. The van der Waals surface area contributed by atoms with Gasteiger partial charge in [0.15, 0.2) is 5.82 Å². The van der Waals surface area contributed by atoms with Crippen LogP contribution in [0, 0.1) is 19.7 Å². The molecule has 0 atom stereocenters. The predicted molar refractivity (Wildman–Crippen MR) is 91.5 cm³/mol. The van der Waals surface area contributed by atoms with Gasteiger partial charge >= 0.3 is 5.76 Å². The zero-order valence-electron chi connectivity index (χ0n) is 14.3. The van der Waals surface area contributed by atoms with Crippen molar-refractivity contribution in [2.45, 2.75) is 26.8 Å². The predicted octanol–water partition coefficient (Wildman–Crippen LogP) is 2.27. The number of rotatable bonds is 4. The van der Waals surface area contributed by atoms with Crippen LogP contribution in [0.4, 0.5) is 4.39 Å². The third kappa shape index (κ3) is 3.01. The molecule has 0 saturated carbocycles. The molecule has 0 radical (unpaired) electrons. The van der Waals surface area contributed by atoms with Gasteiger partial charge in [0.05, 0.1) is 12.2 Å². The lowest BCUT2D eigenvalue weighted by molar-refractivity contribution is 0.375. The molecule has 0 amide bonds. The number of hydrogen-bond donors (Lipinski definition) is 0. The lowest BCUT2D eigenvalue weighted by Crippen LogP contribution is -2.18. The summed E-state index contributed by atoms with van der Waals surface area (Å²) >= 11 is 0. The normalized spacial score (nSPS) is 11.3. The van der Waals surface area contributed by atoms with Crippen LogP contribution >= 0.6 is 0 Å². The van der Waals surface area contributed by atoms with Gasteiger partial charge in [0.1, 0.15) is 5.82 Å². The van der Waals surface area contributed by atoms with Crippen molar-refractivity contribution in [1.82, 2.24) is 24.1 Å². The summed E-state index contributed by atoms with van der Waals surface area (Å²) in [6, 6.07) is 8.01. The van der Waals surface area contributed by atoms with Crippen molar-refractivity contribution >= 4 is 5.78 Å². The Balaban J connectivity index is 1.66. The number of halogens is 1. The monoisotopic (exact) mass is 353 g/mol. The number of aryl methyl sites for hydroxylation is 2. The van der Waals surface area contributed by atoms with Gasteiger partial charge in [0.25, 0.3) is 0 Å². The maximum Gasteiger partial charge on any atom is 0.441 e. The van der Waals surface area contributed by atoms with Gasteiger partial charge in [-0.15, -0.1) is 0 Å². The highest BCUT2D eigenvalue weighted by molar-refractivity contribution is 5.34. The highest BCUT2D eigenvalue weighted by Gasteiger charge is 2.14. The lowest BCUT2D eigenvalue weighted by Gasteiger charge is -2.03. The Bertz CT molecular complexity index is 1140. The molecular formula is C18H16FN5O2. The van der Waals surface area contributed by atoms with Crippen LogP contribution in [0.5, 0.6) is 0 Å². The van der Waals surface area contributed by atoms with E-state index in [1.165, 1.54) is 16.7 Å². The zero-order chi connectivity index (χ0) is 18.3. The van der Waals surface area contributed by atoms with Gasteiger partial charge in [-0.25, -0.2) is 19.2 Å². The zero-order valence-corrected chi connectivity index (χ0v) is 14.3. The van der Waals surface area contributed by atoms with Crippen molar-refractivity contribution in [2.75, 3.05) is 0 Å². The second kappa shape index (κ2) is 6.21. The number of fused-ring (bicyclic) bond motifs is 1. The second-order valence-electron chi connectivity index (χ2n) is 6.20. The van der Waals surface area contributed by atoms with Gasteiger partial charge in [-0.05, 0) is 37.6 Å². The summed E-state index contributed by atoms with van der Waals surface area (Å²) in [5, 5.41) is 3.85. The fraction of sp³-hybridized carbons (Fsp3) is 0.222. The molecule has 26 heavy (non-hydrogen) atoms. The first-order valence-electron chi connectivity index (χ1n) is 8.11. The maximum atomic E-state index is 13.1. The van der Waals surface area contributed by atoms with E-state index in [2.05, 4.69) is 15.1 Å². The summed E-state index contributed by atoms with van der Waals surface area (Å²) in [6.45, 7) is 4.10. The van der Waals surface area contributed by atoms with Gasteiger partial charge in [-0.1, -0.05) is 17.3 Å². The van der Waals surface area contributed by atoms with Crippen LogP contribution in [0.1, 0.15) is 28.5 Å². The van der Waals surface area contributed by atoms with E-state index in [1.54, 1.807) is 12.1 Å². The van der Waals surface area contributed by atoms with Crippen molar-refractivity contribution in [3.63, 3.8) is 0 Å². The van der Waals surface area contributed by atoms with Crippen LogP contribution in [-0.2, 0) is 13.0 Å². The molecular weight excluding hydrogens is 337 g/mol. The topological polar surface area (TPSA) is 78.2 Å². The summed E-state index contributed by atoms with van der Waals surface area (Å²) in [7, 11) is 0. The van der Waals surface area contributed by atoms with E-state index in [0.29, 0.717) is 23.7 Å². The summed E-state index contributed by atoms with van der Waals surface area (Å²) in [5.74, 6) is 0.177. The molecule has 4 aromatic rings. The van der Waals surface area contributed by atoms with E-state index in [1.807, 2.05) is 30.5 Å². The molecule has 0 spiro atoms. The van der Waals surface area contributed by atoms with Crippen molar-refractivity contribution < 1.29 is 8.91 Å². The van der Waals surface area contributed by atoms with Crippen molar-refractivity contribution in [3.8, 4) is 0 Å². The highest BCUT2D eigenvalue weighted by Crippen LogP contribution is 2.12. The molecule has 3 heterocycles. The standard InChI is InChI=1S/C18H16FN5O2/c1-11-7-12(2)23-9-15(21-17(23)20-11)10-24-16(22-26-18(24)25)8-13-3-5-14(19)6-4-13/h3-7,9H,8,10H2,1-2H3. The van der Waals surface area contributed by atoms with Crippen LogP contribution in [0.15, 0.2) is 45.8 Å². The third-order valence-corrected chi connectivity index (χ3v) is 4.17.